The molecule has 33 heavy (non-hydrogen) atoms. The van der Waals surface area contributed by atoms with Gasteiger partial charge in [0.2, 0.25) is 0 Å². The third kappa shape index (κ3) is 2.98. The second-order valence-corrected chi connectivity index (χ2v) is 6.90. The third-order valence-corrected chi connectivity index (χ3v) is 4.86. The lowest BCUT2D eigenvalue weighted by atomic mass is 9.71. The number of carbonyl (C=O) groups is 1. The van der Waals surface area contributed by atoms with E-state index in [1.54, 1.807) is 0 Å². The summed E-state index contributed by atoms with van der Waals surface area (Å²) in [5.41, 5.74) is -7.69. The second kappa shape index (κ2) is 7.22. The molecule has 1 fully saturated rings. The number of carbonyl (C=O) groups excluding carboxylic acids is 1. The van der Waals surface area contributed by atoms with E-state index in [9.17, 15) is 53.1 Å². The number of para-hydroxylation sites is 3. The summed E-state index contributed by atoms with van der Waals surface area (Å²) in [6, 6.07) is 11.0. The van der Waals surface area contributed by atoms with Crippen molar-refractivity contribution in [3.63, 3.8) is 0 Å². The van der Waals surface area contributed by atoms with Gasteiger partial charge in [-0.1, -0.05) is 30.3 Å². The van der Waals surface area contributed by atoms with E-state index in [0.29, 0.717) is 0 Å². The fourth-order valence-corrected chi connectivity index (χ4v) is 2.99. The van der Waals surface area contributed by atoms with E-state index >= 15 is 0 Å². The highest BCUT2D eigenvalue weighted by Gasteiger charge is 3.02. The van der Waals surface area contributed by atoms with Gasteiger partial charge in [0.05, 0.1) is 5.69 Å². The maximum absolute atomic E-state index is 14.9. The smallest absolute Gasteiger partial charge is 0.384 e. The minimum absolute atomic E-state index is 0.0141. The number of anilines is 1. The van der Waals surface area contributed by atoms with Crippen molar-refractivity contribution in [2.45, 2.75) is 35.3 Å². The molecule has 1 aliphatic carbocycles. The highest BCUT2D eigenvalue weighted by atomic mass is 19.4. The van der Waals surface area contributed by atoms with Gasteiger partial charge in [0.15, 0.2) is 5.75 Å². The maximum Gasteiger partial charge on any atom is 0.384 e. The number of rotatable bonds is 4. The molecule has 0 aliphatic heterocycles. The lowest BCUT2D eigenvalue weighted by Crippen LogP contribution is -2.86. The average molecular weight is 493 g/mol. The van der Waals surface area contributed by atoms with Crippen LogP contribution in [0.2, 0.25) is 0 Å². The molecule has 0 aromatic heterocycles. The van der Waals surface area contributed by atoms with Crippen LogP contribution >= 0.6 is 0 Å². The summed E-state index contributed by atoms with van der Waals surface area (Å²) in [5.74, 6) is -40.6. The molecule has 1 N–H and O–H groups in total. The SMILES string of the molecule is O=C(Nc1ccccc1Oc1ccccc1)C1(F)C(F)(F)C(F)(F)C(F)(F)C(F)(F)C1(F)F. The minimum Gasteiger partial charge on any atom is -0.455 e. The van der Waals surface area contributed by atoms with Crippen LogP contribution in [0.15, 0.2) is 54.6 Å². The number of alkyl halides is 11. The largest absolute Gasteiger partial charge is 0.455 e. The lowest BCUT2D eigenvalue weighted by Gasteiger charge is -2.51. The fraction of sp³-hybridized carbons (Fsp3) is 0.316. The standard InChI is InChI=1S/C19H10F11NO2/c20-14(15(21,22)17(25,26)19(29,30)18(27,28)16(14,23)24)13(32)31-11-8-4-5-9-12(11)33-10-6-2-1-3-7-10/h1-9H,(H,31,32). The second-order valence-electron chi connectivity index (χ2n) is 6.90. The Hall–Kier alpha value is -3.06. The van der Waals surface area contributed by atoms with Crippen LogP contribution in [0, 0.1) is 0 Å². The zero-order valence-corrected chi connectivity index (χ0v) is 15.7. The zero-order chi connectivity index (χ0) is 25.1. The molecule has 0 heterocycles. The van der Waals surface area contributed by atoms with Gasteiger partial charge in [-0.05, 0) is 24.3 Å². The third-order valence-electron chi connectivity index (χ3n) is 4.86. The van der Waals surface area contributed by atoms with E-state index < -0.39 is 52.6 Å². The molecule has 180 valence electrons. The van der Waals surface area contributed by atoms with Gasteiger partial charge < -0.3 is 10.1 Å². The Morgan fingerprint density at radius 3 is 1.55 bits per heavy atom. The Morgan fingerprint density at radius 2 is 1.03 bits per heavy atom. The number of hydrogen-bond acceptors (Lipinski definition) is 2. The van der Waals surface area contributed by atoms with Crippen LogP contribution in [0.1, 0.15) is 0 Å². The monoisotopic (exact) mass is 493 g/mol. The van der Waals surface area contributed by atoms with Gasteiger partial charge >= 0.3 is 35.3 Å². The van der Waals surface area contributed by atoms with Crippen molar-refractivity contribution in [2.24, 2.45) is 0 Å². The Balaban J connectivity index is 2.08. The summed E-state index contributed by atoms with van der Waals surface area (Å²) in [4.78, 5) is 12.1. The lowest BCUT2D eigenvalue weighted by molar-refractivity contribution is -0.475. The highest BCUT2D eigenvalue weighted by Crippen LogP contribution is 2.69. The molecule has 0 saturated heterocycles. The number of amides is 1. The van der Waals surface area contributed by atoms with Crippen LogP contribution in [-0.2, 0) is 4.79 Å². The van der Waals surface area contributed by atoms with Gasteiger partial charge in [-0.2, -0.15) is 43.9 Å². The number of nitrogens with one attached hydrogen (secondary N) is 1. The van der Waals surface area contributed by atoms with Gasteiger partial charge in [-0.3, -0.25) is 4.79 Å². The Morgan fingerprint density at radius 1 is 0.606 bits per heavy atom. The first-order valence-corrected chi connectivity index (χ1v) is 8.68. The van der Waals surface area contributed by atoms with E-state index in [0.717, 1.165) is 23.5 Å². The molecule has 0 atom stereocenters. The first-order valence-electron chi connectivity index (χ1n) is 8.68. The number of hydrogen-bond donors (Lipinski definition) is 1. The van der Waals surface area contributed by atoms with Crippen LogP contribution in [0.4, 0.5) is 54.0 Å². The van der Waals surface area contributed by atoms with Crippen molar-refractivity contribution in [1.29, 1.82) is 0 Å². The van der Waals surface area contributed by atoms with E-state index in [2.05, 4.69) is 0 Å². The summed E-state index contributed by atoms with van der Waals surface area (Å²) in [6.07, 6.45) is 0. The molecule has 0 spiro atoms. The maximum atomic E-state index is 14.9. The molecular formula is C19H10F11NO2. The molecule has 2 aromatic rings. The summed E-state index contributed by atoms with van der Waals surface area (Å²) < 4.78 is 157. The zero-order valence-electron chi connectivity index (χ0n) is 15.7. The Labute approximate surface area is 177 Å². The van der Waals surface area contributed by atoms with Crippen LogP contribution in [0.3, 0.4) is 0 Å². The summed E-state index contributed by atoms with van der Waals surface area (Å²) in [6.45, 7) is 0. The van der Waals surface area contributed by atoms with Crippen LogP contribution < -0.4 is 10.1 Å². The summed E-state index contributed by atoms with van der Waals surface area (Å²) in [7, 11) is 0. The van der Waals surface area contributed by atoms with Crippen molar-refractivity contribution < 1.29 is 57.8 Å². The van der Waals surface area contributed by atoms with Gasteiger partial charge in [-0.25, -0.2) is 4.39 Å². The summed E-state index contributed by atoms with van der Waals surface area (Å²) in [5, 5.41) is 1.04. The van der Waals surface area contributed by atoms with Gasteiger partial charge in [-0.15, -0.1) is 0 Å². The highest BCUT2D eigenvalue weighted by molar-refractivity contribution is 6.00. The summed E-state index contributed by atoms with van der Waals surface area (Å²) >= 11 is 0. The van der Waals surface area contributed by atoms with Crippen LogP contribution in [-0.4, -0.2) is 41.2 Å². The Bertz CT molecular complexity index is 1030. The van der Waals surface area contributed by atoms with Crippen molar-refractivity contribution >= 4 is 11.6 Å². The van der Waals surface area contributed by atoms with Gasteiger partial charge in [0.25, 0.3) is 5.91 Å². The number of benzene rings is 2. The van der Waals surface area contributed by atoms with E-state index in [1.807, 2.05) is 0 Å². The Kier molecular flexibility index (Phi) is 5.38. The van der Waals surface area contributed by atoms with E-state index in [-0.39, 0.29) is 5.75 Å². The van der Waals surface area contributed by atoms with Gasteiger partial charge in [0.1, 0.15) is 5.75 Å². The number of halogens is 11. The predicted molar refractivity (Wildman–Crippen MR) is 90.2 cm³/mol. The molecule has 0 unspecified atom stereocenters. The fourth-order valence-electron chi connectivity index (χ4n) is 2.99. The van der Waals surface area contributed by atoms with Gasteiger partial charge in [0, 0.05) is 0 Å². The topological polar surface area (TPSA) is 38.3 Å². The molecular weight excluding hydrogens is 483 g/mol. The molecule has 1 aliphatic rings. The normalized spacial score (nSPS) is 23.4. The first kappa shape index (κ1) is 24.6. The molecule has 2 aromatic carbocycles. The molecule has 0 bridgehead atoms. The predicted octanol–water partition coefficient (Wildman–Crippen LogP) is 6.32. The van der Waals surface area contributed by atoms with Crippen LogP contribution in [0.5, 0.6) is 11.5 Å². The van der Waals surface area contributed by atoms with Crippen molar-refractivity contribution in [3.05, 3.63) is 54.6 Å². The van der Waals surface area contributed by atoms with Crippen molar-refractivity contribution in [1.82, 2.24) is 0 Å². The minimum atomic E-state index is -7.41. The average Bonchev–Trinajstić information content (AvgIpc) is 2.73. The molecule has 1 saturated carbocycles. The van der Waals surface area contributed by atoms with Crippen molar-refractivity contribution in [2.75, 3.05) is 5.32 Å². The van der Waals surface area contributed by atoms with E-state index in [4.69, 9.17) is 4.74 Å². The molecule has 3 rings (SSSR count). The molecule has 3 nitrogen and oxygen atoms in total. The molecule has 0 radical (unpaired) electrons. The van der Waals surface area contributed by atoms with E-state index in [1.165, 1.54) is 36.4 Å². The number of ether oxygens (including phenoxy) is 1. The molecule has 1 amide bonds. The quantitative estimate of drug-likeness (QED) is 0.507. The first-order chi connectivity index (χ1) is 15.0. The van der Waals surface area contributed by atoms with Crippen LogP contribution in [0.25, 0.3) is 0 Å². The van der Waals surface area contributed by atoms with Crippen molar-refractivity contribution in [3.8, 4) is 11.5 Å². The molecule has 14 heteroatoms.